The molecule has 110 valence electrons. The Bertz CT molecular complexity index is 672. The molecule has 0 spiro atoms. The van der Waals surface area contributed by atoms with Crippen LogP contribution in [0.1, 0.15) is 30.3 Å². The summed E-state index contributed by atoms with van der Waals surface area (Å²) in [4.78, 5) is 15.5. The van der Waals surface area contributed by atoms with Crippen molar-refractivity contribution in [2.24, 2.45) is 0 Å². The molecule has 2 unspecified atom stereocenters. The van der Waals surface area contributed by atoms with Crippen molar-refractivity contribution in [3.8, 4) is 0 Å². The predicted molar refractivity (Wildman–Crippen MR) is 80.8 cm³/mol. The number of fused-ring (bicyclic) bond motifs is 1. The largest absolute Gasteiger partial charge is 0.477 e. The maximum absolute atomic E-state index is 11.2. The summed E-state index contributed by atoms with van der Waals surface area (Å²) in [6.45, 7) is 2.77. The standard InChI is InChI=1S/C16H18N2O3/c1-10-8-12(6-7-21-10)17-15-13-5-3-2-4-11(13)9-14(18-15)16(19)20/h2-5,9-10,12H,6-8H2,1H3,(H,17,18)(H,19,20). The van der Waals surface area contributed by atoms with Crippen LogP contribution in [0, 0.1) is 0 Å². The van der Waals surface area contributed by atoms with E-state index in [1.807, 2.05) is 31.2 Å². The van der Waals surface area contributed by atoms with Gasteiger partial charge in [0, 0.05) is 18.0 Å². The third-order valence-corrected chi connectivity index (χ3v) is 3.79. The van der Waals surface area contributed by atoms with Gasteiger partial charge in [-0.25, -0.2) is 9.78 Å². The zero-order valence-corrected chi connectivity index (χ0v) is 11.9. The molecule has 1 saturated heterocycles. The van der Waals surface area contributed by atoms with Crippen molar-refractivity contribution in [2.75, 3.05) is 11.9 Å². The summed E-state index contributed by atoms with van der Waals surface area (Å²) in [5, 5.41) is 14.4. The van der Waals surface area contributed by atoms with Crippen LogP contribution in [0.2, 0.25) is 0 Å². The lowest BCUT2D eigenvalue weighted by Gasteiger charge is -2.28. The molecule has 2 aromatic rings. The molecule has 0 saturated carbocycles. The van der Waals surface area contributed by atoms with Crippen LogP contribution in [0.3, 0.4) is 0 Å². The molecule has 0 aliphatic carbocycles. The van der Waals surface area contributed by atoms with Gasteiger partial charge < -0.3 is 15.2 Å². The van der Waals surface area contributed by atoms with E-state index in [0.717, 1.165) is 30.2 Å². The first kappa shape index (κ1) is 13.8. The second kappa shape index (κ2) is 5.69. The van der Waals surface area contributed by atoms with E-state index >= 15 is 0 Å². The molecule has 1 aromatic carbocycles. The third-order valence-electron chi connectivity index (χ3n) is 3.79. The number of nitrogens with one attached hydrogen (secondary N) is 1. The topological polar surface area (TPSA) is 71.5 Å². The Labute approximate surface area is 123 Å². The number of carboxylic acid groups (broad SMARTS) is 1. The second-order valence-corrected chi connectivity index (χ2v) is 5.43. The summed E-state index contributed by atoms with van der Waals surface area (Å²) < 4.78 is 5.54. The average molecular weight is 286 g/mol. The highest BCUT2D eigenvalue weighted by Crippen LogP contribution is 2.25. The third kappa shape index (κ3) is 2.97. The van der Waals surface area contributed by atoms with Gasteiger partial charge in [0.05, 0.1) is 6.10 Å². The van der Waals surface area contributed by atoms with Gasteiger partial charge in [0.1, 0.15) is 5.82 Å². The molecule has 1 aliphatic heterocycles. The fourth-order valence-corrected chi connectivity index (χ4v) is 2.74. The Kier molecular flexibility index (Phi) is 3.75. The number of rotatable bonds is 3. The van der Waals surface area contributed by atoms with Gasteiger partial charge in [-0.1, -0.05) is 24.3 Å². The molecule has 21 heavy (non-hydrogen) atoms. The van der Waals surface area contributed by atoms with Crippen molar-refractivity contribution < 1.29 is 14.6 Å². The quantitative estimate of drug-likeness (QED) is 0.907. The average Bonchev–Trinajstić information content (AvgIpc) is 2.47. The summed E-state index contributed by atoms with van der Waals surface area (Å²) in [6, 6.07) is 9.56. The van der Waals surface area contributed by atoms with Crippen LogP contribution in [0.4, 0.5) is 5.82 Å². The number of pyridine rings is 1. The van der Waals surface area contributed by atoms with E-state index in [2.05, 4.69) is 10.3 Å². The van der Waals surface area contributed by atoms with E-state index < -0.39 is 5.97 Å². The first-order valence-electron chi connectivity index (χ1n) is 7.14. The second-order valence-electron chi connectivity index (χ2n) is 5.43. The van der Waals surface area contributed by atoms with Gasteiger partial charge in [-0.2, -0.15) is 0 Å². The van der Waals surface area contributed by atoms with Crippen molar-refractivity contribution in [3.05, 3.63) is 36.0 Å². The SMILES string of the molecule is CC1CC(Nc2nc(C(=O)O)cc3ccccc23)CCO1. The molecule has 1 aromatic heterocycles. The fraction of sp³-hybridized carbons (Fsp3) is 0.375. The lowest BCUT2D eigenvalue weighted by atomic mass is 10.0. The molecule has 2 atom stereocenters. The number of ether oxygens (including phenoxy) is 1. The molecule has 5 heteroatoms. The van der Waals surface area contributed by atoms with Crippen molar-refractivity contribution in [1.82, 2.24) is 4.98 Å². The minimum Gasteiger partial charge on any atom is -0.477 e. The van der Waals surface area contributed by atoms with E-state index in [9.17, 15) is 9.90 Å². The maximum atomic E-state index is 11.2. The molecule has 2 N–H and O–H groups in total. The van der Waals surface area contributed by atoms with Crippen LogP contribution in [-0.4, -0.2) is 34.8 Å². The van der Waals surface area contributed by atoms with Crippen LogP contribution in [0.15, 0.2) is 30.3 Å². The Balaban J connectivity index is 1.97. The first-order valence-corrected chi connectivity index (χ1v) is 7.14. The number of hydrogen-bond acceptors (Lipinski definition) is 4. The van der Waals surface area contributed by atoms with Gasteiger partial charge in [-0.15, -0.1) is 0 Å². The van der Waals surface area contributed by atoms with Crippen LogP contribution in [-0.2, 0) is 4.74 Å². The molecule has 0 radical (unpaired) electrons. The predicted octanol–water partition coefficient (Wildman–Crippen LogP) is 2.91. The summed E-state index contributed by atoms with van der Waals surface area (Å²) >= 11 is 0. The number of aromatic carboxylic acids is 1. The lowest BCUT2D eigenvalue weighted by molar-refractivity contribution is 0.0232. The number of carboxylic acids is 1. The normalized spacial score (nSPS) is 22.1. The van der Waals surface area contributed by atoms with Crippen molar-refractivity contribution in [2.45, 2.75) is 31.9 Å². The van der Waals surface area contributed by atoms with Gasteiger partial charge in [0.2, 0.25) is 0 Å². The van der Waals surface area contributed by atoms with E-state index in [1.54, 1.807) is 6.07 Å². The highest BCUT2D eigenvalue weighted by atomic mass is 16.5. The van der Waals surface area contributed by atoms with E-state index in [4.69, 9.17) is 4.74 Å². The van der Waals surface area contributed by atoms with Crippen molar-refractivity contribution in [1.29, 1.82) is 0 Å². The summed E-state index contributed by atoms with van der Waals surface area (Å²) in [7, 11) is 0. The first-order chi connectivity index (χ1) is 10.1. The van der Waals surface area contributed by atoms with Gasteiger partial charge in [0.25, 0.3) is 0 Å². The minimum atomic E-state index is -1.01. The number of nitrogens with zero attached hydrogens (tertiary/aromatic N) is 1. The molecular weight excluding hydrogens is 268 g/mol. The van der Waals surface area contributed by atoms with Crippen LogP contribution < -0.4 is 5.32 Å². The Hall–Kier alpha value is -2.14. The number of anilines is 1. The molecule has 2 heterocycles. The molecule has 1 fully saturated rings. The van der Waals surface area contributed by atoms with Gasteiger partial charge >= 0.3 is 5.97 Å². The zero-order valence-electron chi connectivity index (χ0n) is 11.9. The zero-order chi connectivity index (χ0) is 14.8. The molecule has 5 nitrogen and oxygen atoms in total. The highest BCUT2D eigenvalue weighted by Gasteiger charge is 2.21. The summed E-state index contributed by atoms with van der Waals surface area (Å²) in [5.41, 5.74) is 0.0660. The van der Waals surface area contributed by atoms with E-state index in [0.29, 0.717) is 5.82 Å². The van der Waals surface area contributed by atoms with E-state index in [1.165, 1.54) is 0 Å². The summed E-state index contributed by atoms with van der Waals surface area (Å²) in [5.74, 6) is -0.367. The van der Waals surface area contributed by atoms with Gasteiger partial charge in [-0.05, 0) is 31.2 Å². The number of benzene rings is 1. The van der Waals surface area contributed by atoms with Gasteiger partial charge in [-0.3, -0.25) is 0 Å². The van der Waals surface area contributed by atoms with Crippen molar-refractivity contribution in [3.63, 3.8) is 0 Å². The maximum Gasteiger partial charge on any atom is 0.354 e. The molecule has 1 aliphatic rings. The van der Waals surface area contributed by atoms with Crippen molar-refractivity contribution >= 4 is 22.6 Å². The van der Waals surface area contributed by atoms with E-state index in [-0.39, 0.29) is 17.8 Å². The summed E-state index contributed by atoms with van der Waals surface area (Å²) in [6.07, 6.45) is 2.01. The Morgan fingerprint density at radius 1 is 1.43 bits per heavy atom. The minimum absolute atomic E-state index is 0.0660. The number of aromatic nitrogens is 1. The smallest absolute Gasteiger partial charge is 0.354 e. The molecule has 0 bridgehead atoms. The highest BCUT2D eigenvalue weighted by molar-refractivity contribution is 5.97. The Morgan fingerprint density at radius 3 is 3.00 bits per heavy atom. The number of carbonyl (C=O) groups is 1. The van der Waals surface area contributed by atoms with Gasteiger partial charge in [0.15, 0.2) is 5.69 Å². The van der Waals surface area contributed by atoms with Crippen LogP contribution >= 0.6 is 0 Å². The lowest BCUT2D eigenvalue weighted by Crippen LogP contribution is -2.32. The van der Waals surface area contributed by atoms with Crippen LogP contribution in [0.25, 0.3) is 10.8 Å². The molecular formula is C16H18N2O3. The number of hydrogen-bond donors (Lipinski definition) is 2. The monoisotopic (exact) mass is 286 g/mol. The van der Waals surface area contributed by atoms with Crippen LogP contribution in [0.5, 0.6) is 0 Å². The molecule has 0 amide bonds. The Morgan fingerprint density at radius 2 is 2.24 bits per heavy atom. The molecule has 3 rings (SSSR count). The fourth-order valence-electron chi connectivity index (χ4n) is 2.74.